The molecule has 1 aliphatic rings. The Morgan fingerprint density at radius 2 is 2.29 bits per heavy atom. The molecule has 1 fully saturated rings. The summed E-state index contributed by atoms with van der Waals surface area (Å²) >= 11 is 1.71. The normalized spacial score (nSPS) is 21.8. The number of ether oxygens (including phenoxy) is 1. The number of hydrogen-bond acceptors (Lipinski definition) is 6. The maximum absolute atomic E-state index is 10.3. The summed E-state index contributed by atoms with van der Waals surface area (Å²) in [6.07, 6.45) is 1.80. The average Bonchev–Trinajstić information content (AvgIpc) is 2.65. The molecule has 3 N–H and O–H groups in total. The monoisotopic (exact) mass is 355 g/mol. The molecular formula is C13H23Cl2N3O2S. The Morgan fingerprint density at radius 1 is 1.43 bits per heavy atom. The highest BCUT2D eigenvalue weighted by molar-refractivity contribution is 7.99. The summed E-state index contributed by atoms with van der Waals surface area (Å²) in [5.41, 5.74) is -0.799. The summed E-state index contributed by atoms with van der Waals surface area (Å²) in [5, 5.41) is 17.8. The van der Waals surface area contributed by atoms with Crippen LogP contribution in [0.5, 0.6) is 0 Å². The predicted octanol–water partition coefficient (Wildman–Crippen LogP) is 0.958. The zero-order valence-electron chi connectivity index (χ0n) is 11.8. The molecule has 5 nitrogen and oxygen atoms in total. The first-order valence-electron chi connectivity index (χ1n) is 6.54. The van der Waals surface area contributed by atoms with Crippen molar-refractivity contribution in [1.29, 1.82) is 0 Å². The van der Waals surface area contributed by atoms with Crippen LogP contribution in [0.4, 0.5) is 0 Å². The Hall–Kier alpha value is -0.0800. The molecule has 0 spiro atoms. The molecule has 1 saturated heterocycles. The van der Waals surface area contributed by atoms with E-state index in [1.165, 1.54) is 0 Å². The summed E-state index contributed by atoms with van der Waals surface area (Å²) in [5.74, 6) is 0.932. The van der Waals surface area contributed by atoms with E-state index in [2.05, 4.69) is 15.6 Å². The lowest BCUT2D eigenvalue weighted by Crippen LogP contribution is -2.50. The quantitative estimate of drug-likeness (QED) is 0.521. The first-order valence-corrected chi connectivity index (χ1v) is 7.52. The number of halogens is 2. The van der Waals surface area contributed by atoms with Crippen molar-refractivity contribution in [3.8, 4) is 0 Å². The molecule has 1 atom stereocenters. The van der Waals surface area contributed by atoms with Gasteiger partial charge in [0, 0.05) is 38.1 Å². The lowest BCUT2D eigenvalue weighted by molar-refractivity contribution is -0.0258. The number of hydrogen-bond donors (Lipinski definition) is 3. The maximum atomic E-state index is 10.3. The molecule has 1 aliphatic heterocycles. The van der Waals surface area contributed by atoms with Crippen LogP contribution < -0.4 is 10.6 Å². The van der Waals surface area contributed by atoms with Crippen LogP contribution in [0.2, 0.25) is 0 Å². The van der Waals surface area contributed by atoms with E-state index >= 15 is 0 Å². The predicted molar refractivity (Wildman–Crippen MR) is 91.0 cm³/mol. The fourth-order valence-electron chi connectivity index (χ4n) is 1.87. The van der Waals surface area contributed by atoms with E-state index in [1.807, 2.05) is 18.2 Å². The number of pyridine rings is 1. The smallest absolute Gasteiger partial charge is 0.113 e. The number of nitrogens with zero attached hydrogens (tertiary/aromatic N) is 1. The van der Waals surface area contributed by atoms with Crippen molar-refractivity contribution in [2.24, 2.45) is 0 Å². The van der Waals surface area contributed by atoms with Crippen molar-refractivity contribution in [2.45, 2.75) is 10.6 Å². The van der Waals surface area contributed by atoms with Crippen LogP contribution >= 0.6 is 36.6 Å². The number of aromatic nitrogens is 1. The number of rotatable bonds is 6. The van der Waals surface area contributed by atoms with Crippen molar-refractivity contribution >= 4 is 36.6 Å². The molecule has 0 aliphatic carbocycles. The summed E-state index contributed by atoms with van der Waals surface area (Å²) in [4.78, 5) is 4.25. The lowest BCUT2D eigenvalue weighted by atomic mass is 10.1. The molecule has 0 radical (unpaired) electrons. The van der Waals surface area contributed by atoms with Gasteiger partial charge in [0.2, 0.25) is 0 Å². The number of aliphatic hydroxyl groups is 1. The third-order valence-electron chi connectivity index (χ3n) is 2.87. The van der Waals surface area contributed by atoms with Gasteiger partial charge in [0.25, 0.3) is 0 Å². The molecule has 2 heterocycles. The zero-order valence-corrected chi connectivity index (χ0v) is 14.2. The van der Waals surface area contributed by atoms with Crippen molar-refractivity contribution in [1.82, 2.24) is 15.6 Å². The third-order valence-corrected chi connectivity index (χ3v) is 3.81. The Balaban J connectivity index is 0.00000200. The highest BCUT2D eigenvalue weighted by atomic mass is 35.5. The average molecular weight is 356 g/mol. The number of β-amino-alcohol motifs (C(OH)–C–C–N with tert-alkyl or cyclic N) is 1. The van der Waals surface area contributed by atoms with Crippen molar-refractivity contribution < 1.29 is 9.84 Å². The maximum Gasteiger partial charge on any atom is 0.113 e. The topological polar surface area (TPSA) is 66.4 Å². The standard InChI is InChI=1S/C13H21N3O2S.2ClH/c17-13(9-14-5-7-18-11-13)10-15-6-8-19-12-3-1-2-4-16-12;;/h1-4,14-15,17H,5-11H2;2*1H. The molecule has 2 rings (SSSR count). The molecule has 0 aromatic carbocycles. The van der Waals surface area contributed by atoms with Crippen molar-refractivity contribution in [3.05, 3.63) is 24.4 Å². The van der Waals surface area contributed by atoms with Gasteiger partial charge in [-0.1, -0.05) is 6.07 Å². The summed E-state index contributed by atoms with van der Waals surface area (Å²) in [6, 6.07) is 5.90. The summed E-state index contributed by atoms with van der Waals surface area (Å²) in [7, 11) is 0. The first kappa shape index (κ1) is 20.9. The van der Waals surface area contributed by atoms with E-state index < -0.39 is 5.60 Å². The SMILES string of the molecule is Cl.Cl.OC1(CNCCSc2ccccn2)CNCCOC1. The van der Waals surface area contributed by atoms with E-state index in [1.54, 1.807) is 18.0 Å². The largest absolute Gasteiger partial charge is 0.385 e. The second-order valence-corrected chi connectivity index (χ2v) is 5.76. The summed E-state index contributed by atoms with van der Waals surface area (Å²) < 4.78 is 5.37. The van der Waals surface area contributed by atoms with E-state index in [9.17, 15) is 5.11 Å². The molecule has 0 bridgehead atoms. The van der Waals surface area contributed by atoms with Gasteiger partial charge in [-0.15, -0.1) is 36.6 Å². The van der Waals surface area contributed by atoms with Gasteiger partial charge in [0.1, 0.15) is 5.60 Å². The number of thioether (sulfide) groups is 1. The van der Waals surface area contributed by atoms with Crippen LogP contribution in [0.25, 0.3) is 0 Å². The van der Waals surface area contributed by atoms with Gasteiger partial charge in [-0.2, -0.15) is 0 Å². The van der Waals surface area contributed by atoms with Crippen LogP contribution in [0.1, 0.15) is 0 Å². The van der Waals surface area contributed by atoms with E-state index in [4.69, 9.17) is 4.74 Å². The molecule has 0 saturated carbocycles. The van der Waals surface area contributed by atoms with E-state index in [0.717, 1.165) is 23.9 Å². The van der Waals surface area contributed by atoms with Crippen LogP contribution in [0.15, 0.2) is 29.4 Å². The van der Waals surface area contributed by atoms with Gasteiger partial charge >= 0.3 is 0 Å². The van der Waals surface area contributed by atoms with Gasteiger partial charge in [-0.05, 0) is 12.1 Å². The Kier molecular flexibility index (Phi) is 11.4. The van der Waals surface area contributed by atoms with Crippen LogP contribution in [0, 0.1) is 0 Å². The molecule has 21 heavy (non-hydrogen) atoms. The van der Waals surface area contributed by atoms with E-state index in [-0.39, 0.29) is 24.8 Å². The molecule has 122 valence electrons. The highest BCUT2D eigenvalue weighted by Gasteiger charge is 2.28. The van der Waals surface area contributed by atoms with Gasteiger partial charge in [0.15, 0.2) is 0 Å². The third kappa shape index (κ3) is 8.21. The van der Waals surface area contributed by atoms with Crippen LogP contribution in [-0.4, -0.2) is 60.8 Å². The fraction of sp³-hybridized carbons (Fsp3) is 0.615. The molecule has 1 aromatic rings. The lowest BCUT2D eigenvalue weighted by Gasteiger charge is -2.26. The molecule has 0 amide bonds. The Morgan fingerprint density at radius 3 is 3.05 bits per heavy atom. The fourth-order valence-corrected chi connectivity index (χ4v) is 2.64. The Labute approximate surface area is 142 Å². The van der Waals surface area contributed by atoms with Gasteiger partial charge in [-0.25, -0.2) is 4.98 Å². The van der Waals surface area contributed by atoms with Gasteiger partial charge < -0.3 is 20.5 Å². The molecule has 1 unspecified atom stereocenters. The minimum Gasteiger partial charge on any atom is -0.385 e. The second kappa shape index (κ2) is 11.5. The molecule has 1 aromatic heterocycles. The second-order valence-electron chi connectivity index (χ2n) is 4.65. The van der Waals surface area contributed by atoms with Gasteiger partial charge in [-0.3, -0.25) is 0 Å². The van der Waals surface area contributed by atoms with Crippen molar-refractivity contribution in [3.63, 3.8) is 0 Å². The minimum atomic E-state index is -0.799. The minimum absolute atomic E-state index is 0. The highest BCUT2D eigenvalue weighted by Crippen LogP contribution is 2.12. The molecular weight excluding hydrogens is 333 g/mol. The number of nitrogens with one attached hydrogen (secondary N) is 2. The van der Waals surface area contributed by atoms with E-state index in [0.29, 0.717) is 26.3 Å². The van der Waals surface area contributed by atoms with Crippen molar-refractivity contribution in [2.75, 3.05) is 45.1 Å². The first-order chi connectivity index (χ1) is 9.29. The summed E-state index contributed by atoms with van der Waals surface area (Å²) in [6.45, 7) is 3.82. The Bertz CT molecular complexity index is 366. The van der Waals surface area contributed by atoms with Crippen LogP contribution in [0.3, 0.4) is 0 Å². The molecule has 8 heteroatoms. The zero-order chi connectivity index (χ0) is 13.4. The van der Waals surface area contributed by atoms with Gasteiger partial charge in [0.05, 0.1) is 18.2 Å². The van der Waals surface area contributed by atoms with Crippen LogP contribution in [-0.2, 0) is 4.74 Å².